The highest BCUT2D eigenvalue weighted by atomic mass is 16.2. The highest BCUT2D eigenvalue weighted by Gasteiger charge is 2.10. The van der Waals surface area contributed by atoms with Crippen LogP contribution in [-0.2, 0) is 11.3 Å². The first-order valence-corrected chi connectivity index (χ1v) is 5.86. The van der Waals surface area contributed by atoms with Gasteiger partial charge >= 0.3 is 0 Å². The minimum Gasteiger partial charge on any atom is -0.342 e. The standard InChI is InChI=1S/C13H18N4O/c14-6-8-16-13(18)11-17(9-7-15)10-12-4-2-1-3-5-12/h1-5H,7-11,15H2,(H,16,18). The van der Waals surface area contributed by atoms with Crippen molar-refractivity contribution in [2.45, 2.75) is 6.54 Å². The van der Waals surface area contributed by atoms with Gasteiger partial charge in [0.2, 0.25) is 5.91 Å². The zero-order valence-corrected chi connectivity index (χ0v) is 10.3. The number of nitriles is 1. The molecule has 1 amide bonds. The lowest BCUT2D eigenvalue weighted by Gasteiger charge is -2.20. The summed E-state index contributed by atoms with van der Waals surface area (Å²) in [5.74, 6) is -0.152. The first-order valence-electron chi connectivity index (χ1n) is 5.86. The van der Waals surface area contributed by atoms with Crippen molar-refractivity contribution in [3.8, 4) is 6.07 Å². The van der Waals surface area contributed by atoms with Gasteiger partial charge in [-0.25, -0.2) is 0 Å². The quantitative estimate of drug-likeness (QED) is 0.668. The second-order valence-electron chi connectivity index (χ2n) is 3.92. The number of nitrogens with one attached hydrogen (secondary N) is 1. The van der Waals surface area contributed by atoms with E-state index in [0.717, 1.165) is 5.56 Å². The number of nitrogens with zero attached hydrogens (tertiary/aromatic N) is 2. The molecule has 0 saturated carbocycles. The largest absolute Gasteiger partial charge is 0.342 e. The Balaban J connectivity index is 2.50. The third-order valence-corrected chi connectivity index (χ3v) is 2.43. The van der Waals surface area contributed by atoms with E-state index in [1.807, 2.05) is 41.3 Å². The number of benzene rings is 1. The maximum absolute atomic E-state index is 11.5. The topological polar surface area (TPSA) is 82.2 Å². The van der Waals surface area contributed by atoms with Gasteiger partial charge in [-0.15, -0.1) is 0 Å². The second kappa shape index (κ2) is 8.23. The molecule has 5 heteroatoms. The average molecular weight is 246 g/mol. The van der Waals surface area contributed by atoms with Crippen molar-refractivity contribution in [2.75, 3.05) is 26.2 Å². The maximum Gasteiger partial charge on any atom is 0.235 e. The van der Waals surface area contributed by atoms with Crippen LogP contribution < -0.4 is 11.1 Å². The van der Waals surface area contributed by atoms with E-state index in [1.54, 1.807) is 0 Å². The van der Waals surface area contributed by atoms with Crippen molar-refractivity contribution in [3.05, 3.63) is 35.9 Å². The van der Waals surface area contributed by atoms with Gasteiger partial charge in [0.1, 0.15) is 6.54 Å². The Hall–Kier alpha value is -1.90. The van der Waals surface area contributed by atoms with Crippen LogP contribution in [0.5, 0.6) is 0 Å². The predicted molar refractivity (Wildman–Crippen MR) is 69.4 cm³/mol. The molecule has 1 aromatic carbocycles. The van der Waals surface area contributed by atoms with E-state index >= 15 is 0 Å². The zero-order chi connectivity index (χ0) is 13.2. The summed E-state index contributed by atoms with van der Waals surface area (Å²) in [4.78, 5) is 13.5. The fraction of sp³-hybridized carbons (Fsp3) is 0.385. The molecule has 1 rings (SSSR count). The Labute approximate surface area is 107 Å². The van der Waals surface area contributed by atoms with Crippen LogP contribution in [0.3, 0.4) is 0 Å². The highest BCUT2D eigenvalue weighted by Crippen LogP contribution is 2.03. The van der Waals surface area contributed by atoms with Gasteiger partial charge in [-0.05, 0) is 5.56 Å². The van der Waals surface area contributed by atoms with Crippen LogP contribution in [0.4, 0.5) is 0 Å². The summed E-state index contributed by atoms with van der Waals surface area (Å²) in [5, 5.41) is 10.9. The van der Waals surface area contributed by atoms with Crippen LogP contribution in [-0.4, -0.2) is 37.0 Å². The fourth-order valence-corrected chi connectivity index (χ4v) is 1.64. The van der Waals surface area contributed by atoms with Crippen molar-refractivity contribution in [1.82, 2.24) is 10.2 Å². The number of rotatable bonds is 7. The van der Waals surface area contributed by atoms with Gasteiger partial charge in [-0.2, -0.15) is 5.26 Å². The van der Waals surface area contributed by atoms with E-state index in [9.17, 15) is 4.79 Å². The molecule has 0 saturated heterocycles. The molecule has 0 bridgehead atoms. The Kier molecular flexibility index (Phi) is 6.47. The smallest absolute Gasteiger partial charge is 0.235 e. The first-order chi connectivity index (χ1) is 8.76. The Morgan fingerprint density at radius 2 is 2.11 bits per heavy atom. The Morgan fingerprint density at radius 3 is 2.72 bits per heavy atom. The maximum atomic E-state index is 11.5. The van der Waals surface area contributed by atoms with Gasteiger partial charge in [0.05, 0.1) is 12.6 Å². The average Bonchev–Trinajstić information content (AvgIpc) is 2.38. The summed E-state index contributed by atoms with van der Waals surface area (Å²) < 4.78 is 0. The third kappa shape index (κ3) is 5.43. The van der Waals surface area contributed by atoms with Gasteiger partial charge in [0.15, 0.2) is 0 Å². The lowest BCUT2D eigenvalue weighted by molar-refractivity contribution is -0.122. The number of carbonyl (C=O) groups excluding carboxylic acids is 1. The molecule has 18 heavy (non-hydrogen) atoms. The minimum absolute atomic E-state index is 0.0423. The Bertz CT molecular complexity index is 399. The summed E-state index contributed by atoms with van der Waals surface area (Å²) >= 11 is 0. The van der Waals surface area contributed by atoms with Crippen LogP contribution in [0, 0.1) is 11.3 Å². The number of amides is 1. The summed E-state index contributed by atoms with van der Waals surface area (Å²) in [6.07, 6.45) is 0. The fourth-order valence-electron chi connectivity index (χ4n) is 1.64. The molecule has 96 valence electrons. The van der Waals surface area contributed by atoms with Crippen LogP contribution in [0.2, 0.25) is 0 Å². The second-order valence-corrected chi connectivity index (χ2v) is 3.92. The molecule has 3 N–H and O–H groups in total. The van der Waals surface area contributed by atoms with Gasteiger partial charge in [0.25, 0.3) is 0 Å². The highest BCUT2D eigenvalue weighted by molar-refractivity contribution is 5.78. The molecule has 0 spiro atoms. The van der Waals surface area contributed by atoms with E-state index in [-0.39, 0.29) is 19.0 Å². The van der Waals surface area contributed by atoms with Crippen molar-refractivity contribution < 1.29 is 4.79 Å². The van der Waals surface area contributed by atoms with Gasteiger partial charge in [0, 0.05) is 19.6 Å². The van der Waals surface area contributed by atoms with Crippen molar-refractivity contribution in [2.24, 2.45) is 5.73 Å². The Morgan fingerprint density at radius 1 is 1.39 bits per heavy atom. The molecular weight excluding hydrogens is 228 g/mol. The molecule has 0 aromatic heterocycles. The van der Waals surface area contributed by atoms with E-state index in [4.69, 9.17) is 11.0 Å². The molecule has 5 nitrogen and oxygen atoms in total. The third-order valence-electron chi connectivity index (χ3n) is 2.43. The van der Waals surface area contributed by atoms with Crippen LogP contribution in [0.1, 0.15) is 5.56 Å². The first kappa shape index (κ1) is 14.2. The van der Waals surface area contributed by atoms with E-state index in [1.165, 1.54) is 0 Å². The van der Waals surface area contributed by atoms with Gasteiger partial charge in [-0.1, -0.05) is 30.3 Å². The van der Waals surface area contributed by atoms with Crippen molar-refractivity contribution in [1.29, 1.82) is 5.26 Å². The monoisotopic (exact) mass is 246 g/mol. The van der Waals surface area contributed by atoms with Gasteiger partial charge < -0.3 is 11.1 Å². The molecule has 0 aliphatic rings. The summed E-state index contributed by atoms with van der Waals surface area (Å²) in [6.45, 7) is 2.12. The lowest BCUT2D eigenvalue weighted by atomic mass is 10.2. The van der Waals surface area contributed by atoms with E-state index < -0.39 is 0 Å². The molecule has 0 radical (unpaired) electrons. The molecule has 0 aliphatic carbocycles. The lowest BCUT2D eigenvalue weighted by Crippen LogP contribution is -2.39. The normalized spacial score (nSPS) is 10.1. The summed E-state index contributed by atoms with van der Waals surface area (Å²) in [6, 6.07) is 11.8. The van der Waals surface area contributed by atoms with Gasteiger partial charge in [-0.3, -0.25) is 9.69 Å². The van der Waals surface area contributed by atoms with Crippen LogP contribution in [0.15, 0.2) is 30.3 Å². The molecule has 0 aliphatic heterocycles. The molecule has 0 fully saturated rings. The number of nitrogens with two attached hydrogens (primary N) is 1. The summed E-state index contributed by atoms with van der Waals surface area (Å²) in [7, 11) is 0. The predicted octanol–water partition coefficient (Wildman–Crippen LogP) is 0.0871. The SMILES string of the molecule is N#CCNC(=O)CN(CCN)Cc1ccccc1. The summed E-state index contributed by atoms with van der Waals surface area (Å²) in [5.41, 5.74) is 6.67. The van der Waals surface area contributed by atoms with E-state index in [2.05, 4.69) is 5.32 Å². The molecule has 1 aromatic rings. The number of hydrogen-bond acceptors (Lipinski definition) is 4. The van der Waals surface area contributed by atoms with Crippen LogP contribution >= 0.6 is 0 Å². The minimum atomic E-state index is -0.152. The molecular formula is C13H18N4O. The molecule has 0 atom stereocenters. The number of hydrogen-bond donors (Lipinski definition) is 2. The molecule has 0 heterocycles. The number of carbonyl (C=O) groups is 1. The van der Waals surface area contributed by atoms with Crippen molar-refractivity contribution in [3.63, 3.8) is 0 Å². The van der Waals surface area contributed by atoms with Crippen molar-refractivity contribution >= 4 is 5.91 Å². The van der Waals surface area contributed by atoms with E-state index in [0.29, 0.717) is 19.6 Å². The zero-order valence-electron chi connectivity index (χ0n) is 10.3. The van der Waals surface area contributed by atoms with Crippen LogP contribution in [0.25, 0.3) is 0 Å². The molecule has 0 unspecified atom stereocenters.